The molecule has 1 aromatic heterocycles. The number of hydrogen-bond donors (Lipinski definition) is 2. The first kappa shape index (κ1) is 17.9. The van der Waals surface area contributed by atoms with Crippen LogP contribution >= 0.6 is 0 Å². The van der Waals surface area contributed by atoms with Gasteiger partial charge in [-0.05, 0) is 38.1 Å². The Morgan fingerprint density at radius 2 is 1.85 bits per heavy atom. The minimum absolute atomic E-state index is 0.0345. The number of rotatable bonds is 3. The molecule has 2 heterocycles. The van der Waals surface area contributed by atoms with Crippen LogP contribution in [0.3, 0.4) is 0 Å². The Labute approximate surface area is 155 Å². The molecular weight excluding hydrogens is 348 g/mol. The summed E-state index contributed by atoms with van der Waals surface area (Å²) in [7, 11) is 0. The highest BCUT2D eigenvalue weighted by atomic mass is 16.6. The molecule has 1 saturated carbocycles. The SMILES string of the molecule is Cc1c([N+](=O)[O-])cc2[nH]c(=O)c(=O)[nH]c2c1CN1CCC2CCCCC2C1. The number of nitrogens with one attached hydrogen (secondary N) is 2. The van der Waals surface area contributed by atoms with Gasteiger partial charge in [0.25, 0.3) is 5.69 Å². The summed E-state index contributed by atoms with van der Waals surface area (Å²) in [5.41, 5.74) is 0.501. The van der Waals surface area contributed by atoms with Gasteiger partial charge in [-0.3, -0.25) is 24.6 Å². The van der Waals surface area contributed by atoms with Gasteiger partial charge in [0.15, 0.2) is 0 Å². The van der Waals surface area contributed by atoms with Gasteiger partial charge in [-0.1, -0.05) is 19.3 Å². The van der Waals surface area contributed by atoms with Crippen LogP contribution in [0.1, 0.15) is 43.2 Å². The molecule has 0 bridgehead atoms. The van der Waals surface area contributed by atoms with Gasteiger partial charge in [0.2, 0.25) is 0 Å². The Hall–Kier alpha value is -2.48. The average molecular weight is 372 g/mol. The number of aromatic nitrogens is 2. The highest BCUT2D eigenvalue weighted by molar-refractivity contribution is 5.82. The van der Waals surface area contributed by atoms with Gasteiger partial charge in [-0.25, -0.2) is 0 Å². The largest absolute Gasteiger partial charge is 0.316 e. The first-order valence-corrected chi connectivity index (χ1v) is 9.59. The van der Waals surface area contributed by atoms with E-state index in [2.05, 4.69) is 14.9 Å². The first-order chi connectivity index (χ1) is 12.9. The predicted molar refractivity (Wildman–Crippen MR) is 102 cm³/mol. The molecule has 144 valence electrons. The van der Waals surface area contributed by atoms with Crippen LogP contribution in [0, 0.1) is 28.9 Å². The number of nitrogens with zero attached hydrogens (tertiary/aromatic N) is 2. The summed E-state index contributed by atoms with van der Waals surface area (Å²) in [6.45, 7) is 4.19. The van der Waals surface area contributed by atoms with Crippen LogP contribution in [-0.2, 0) is 6.54 Å². The minimum atomic E-state index is -0.797. The van der Waals surface area contributed by atoms with Crippen LogP contribution in [0.2, 0.25) is 0 Å². The van der Waals surface area contributed by atoms with Gasteiger partial charge in [0, 0.05) is 30.3 Å². The van der Waals surface area contributed by atoms with E-state index in [1.807, 2.05) is 0 Å². The van der Waals surface area contributed by atoms with E-state index in [1.54, 1.807) is 6.92 Å². The molecule has 0 spiro atoms. The number of fused-ring (bicyclic) bond motifs is 2. The number of nitro benzene ring substituents is 1. The molecule has 0 amide bonds. The maximum Gasteiger partial charge on any atom is 0.314 e. The Balaban J connectivity index is 1.74. The third-order valence-electron chi connectivity index (χ3n) is 6.34. The van der Waals surface area contributed by atoms with Crippen LogP contribution in [0.15, 0.2) is 15.7 Å². The second-order valence-corrected chi connectivity index (χ2v) is 7.92. The predicted octanol–water partition coefficient (Wildman–Crippen LogP) is 2.45. The molecular formula is C19H24N4O4. The normalized spacial score (nSPS) is 23.3. The van der Waals surface area contributed by atoms with Crippen molar-refractivity contribution in [3.05, 3.63) is 48.0 Å². The molecule has 2 fully saturated rings. The number of nitro groups is 1. The van der Waals surface area contributed by atoms with Crippen molar-refractivity contribution in [2.75, 3.05) is 13.1 Å². The van der Waals surface area contributed by atoms with E-state index in [1.165, 1.54) is 31.7 Å². The molecule has 8 heteroatoms. The maximum atomic E-state index is 11.8. The molecule has 2 unspecified atom stereocenters. The van der Waals surface area contributed by atoms with Gasteiger partial charge in [-0.2, -0.15) is 0 Å². The quantitative estimate of drug-likeness (QED) is 0.488. The van der Waals surface area contributed by atoms with E-state index in [0.717, 1.165) is 31.0 Å². The fraction of sp³-hybridized carbons (Fsp3) is 0.579. The van der Waals surface area contributed by atoms with Gasteiger partial charge in [0.05, 0.1) is 16.0 Å². The zero-order valence-electron chi connectivity index (χ0n) is 15.4. The lowest BCUT2D eigenvalue weighted by atomic mass is 9.75. The van der Waals surface area contributed by atoms with E-state index < -0.39 is 16.0 Å². The van der Waals surface area contributed by atoms with Crippen LogP contribution in [0.5, 0.6) is 0 Å². The van der Waals surface area contributed by atoms with Crippen LogP contribution < -0.4 is 11.1 Å². The molecule has 2 aromatic rings. The van der Waals surface area contributed by atoms with Crippen molar-refractivity contribution in [2.24, 2.45) is 11.8 Å². The van der Waals surface area contributed by atoms with Crippen molar-refractivity contribution in [3.8, 4) is 0 Å². The lowest BCUT2D eigenvalue weighted by Gasteiger charge is -2.41. The zero-order chi connectivity index (χ0) is 19.1. The fourth-order valence-electron chi connectivity index (χ4n) is 4.84. The third kappa shape index (κ3) is 3.29. The Bertz CT molecular complexity index is 1010. The van der Waals surface area contributed by atoms with E-state index in [0.29, 0.717) is 29.1 Å². The second-order valence-electron chi connectivity index (χ2n) is 7.92. The molecule has 1 saturated heterocycles. The summed E-state index contributed by atoms with van der Waals surface area (Å²) >= 11 is 0. The van der Waals surface area contributed by atoms with Gasteiger partial charge in [0.1, 0.15) is 0 Å². The Kier molecular flexibility index (Phi) is 4.59. The van der Waals surface area contributed by atoms with Crippen molar-refractivity contribution in [1.29, 1.82) is 0 Å². The molecule has 1 aliphatic heterocycles. The van der Waals surface area contributed by atoms with Crippen LogP contribution in [-0.4, -0.2) is 32.9 Å². The van der Waals surface area contributed by atoms with Gasteiger partial charge in [-0.15, -0.1) is 0 Å². The van der Waals surface area contributed by atoms with Gasteiger partial charge >= 0.3 is 11.1 Å². The van der Waals surface area contributed by atoms with Crippen LogP contribution in [0.25, 0.3) is 11.0 Å². The van der Waals surface area contributed by atoms with Crippen molar-refractivity contribution in [2.45, 2.75) is 45.6 Å². The number of H-pyrrole nitrogens is 2. The summed E-state index contributed by atoms with van der Waals surface area (Å²) in [5.74, 6) is 1.49. The summed E-state index contributed by atoms with van der Waals surface area (Å²) in [6.07, 6.45) is 6.32. The Morgan fingerprint density at radius 1 is 1.15 bits per heavy atom. The second kappa shape index (κ2) is 6.92. The molecule has 4 rings (SSSR count). The monoisotopic (exact) mass is 372 g/mol. The number of likely N-dealkylation sites (tertiary alicyclic amines) is 1. The van der Waals surface area contributed by atoms with Crippen molar-refractivity contribution >= 4 is 16.7 Å². The first-order valence-electron chi connectivity index (χ1n) is 9.59. The average Bonchev–Trinajstić information content (AvgIpc) is 2.65. The smallest absolute Gasteiger partial charge is 0.314 e. The van der Waals surface area contributed by atoms with Crippen molar-refractivity contribution in [3.63, 3.8) is 0 Å². The highest BCUT2D eigenvalue weighted by Crippen LogP contribution is 2.37. The highest BCUT2D eigenvalue weighted by Gasteiger charge is 2.32. The number of aromatic amines is 2. The van der Waals surface area contributed by atoms with Crippen molar-refractivity contribution in [1.82, 2.24) is 14.9 Å². The van der Waals surface area contributed by atoms with E-state index in [9.17, 15) is 19.7 Å². The fourth-order valence-corrected chi connectivity index (χ4v) is 4.84. The molecule has 0 radical (unpaired) electrons. The zero-order valence-corrected chi connectivity index (χ0v) is 15.4. The van der Waals surface area contributed by atoms with E-state index in [-0.39, 0.29) is 5.69 Å². The van der Waals surface area contributed by atoms with E-state index >= 15 is 0 Å². The standard InChI is InChI=1S/C19H24N4O4/c1-11-14(10-22-7-6-12-4-2-3-5-13(12)9-22)17-15(8-16(11)23(26)27)20-18(24)19(25)21-17/h8,12-13H,2-7,9-10H2,1H3,(H,20,24)(H,21,25). The lowest BCUT2D eigenvalue weighted by molar-refractivity contribution is -0.385. The summed E-state index contributed by atoms with van der Waals surface area (Å²) < 4.78 is 0. The molecule has 1 aromatic carbocycles. The number of piperidine rings is 1. The summed E-state index contributed by atoms with van der Waals surface area (Å²) in [6, 6.07) is 1.33. The topological polar surface area (TPSA) is 112 Å². The molecule has 27 heavy (non-hydrogen) atoms. The Morgan fingerprint density at radius 3 is 2.59 bits per heavy atom. The van der Waals surface area contributed by atoms with Crippen molar-refractivity contribution < 1.29 is 4.92 Å². The molecule has 2 aliphatic rings. The molecule has 1 aliphatic carbocycles. The van der Waals surface area contributed by atoms with Crippen LogP contribution in [0.4, 0.5) is 5.69 Å². The summed E-state index contributed by atoms with van der Waals surface area (Å²) in [4.78, 5) is 42.0. The number of benzene rings is 1. The molecule has 2 atom stereocenters. The minimum Gasteiger partial charge on any atom is -0.316 e. The summed E-state index contributed by atoms with van der Waals surface area (Å²) in [5, 5.41) is 11.5. The third-order valence-corrected chi connectivity index (χ3v) is 6.34. The number of hydrogen-bond acceptors (Lipinski definition) is 5. The van der Waals surface area contributed by atoms with Gasteiger partial charge < -0.3 is 9.97 Å². The molecule has 2 N–H and O–H groups in total. The van der Waals surface area contributed by atoms with E-state index in [4.69, 9.17) is 0 Å². The lowest BCUT2D eigenvalue weighted by Crippen LogP contribution is -2.41. The maximum absolute atomic E-state index is 11.8. The molecule has 8 nitrogen and oxygen atoms in total.